The van der Waals surface area contributed by atoms with E-state index in [0.29, 0.717) is 35.1 Å². The molecule has 1 aromatic rings. The first-order chi connectivity index (χ1) is 9.49. The minimum atomic E-state index is -0.129. The lowest BCUT2D eigenvalue weighted by atomic mass is 10.2. The fraction of sp³-hybridized carbons (Fsp3) is 0.429. The van der Waals surface area contributed by atoms with Crippen LogP contribution in [0.4, 0.5) is 0 Å². The molecule has 2 rings (SSSR count). The molecule has 1 aromatic carbocycles. The Morgan fingerprint density at radius 2 is 2.10 bits per heavy atom. The summed E-state index contributed by atoms with van der Waals surface area (Å²) in [7, 11) is 1.71. The summed E-state index contributed by atoms with van der Waals surface area (Å²) in [6.07, 6.45) is 1.52. The van der Waals surface area contributed by atoms with Gasteiger partial charge in [-0.25, -0.2) is 0 Å². The lowest BCUT2D eigenvalue weighted by Crippen LogP contribution is -2.36. The van der Waals surface area contributed by atoms with Crippen molar-refractivity contribution < 1.29 is 9.59 Å². The molecule has 1 aliphatic heterocycles. The maximum Gasteiger partial charge on any atom is 0.253 e. The molecule has 1 saturated heterocycles. The van der Waals surface area contributed by atoms with Gasteiger partial charge in [0, 0.05) is 38.7 Å². The quantitative estimate of drug-likeness (QED) is 0.857. The van der Waals surface area contributed by atoms with Crippen LogP contribution >= 0.6 is 23.2 Å². The van der Waals surface area contributed by atoms with E-state index in [1.807, 2.05) is 0 Å². The van der Waals surface area contributed by atoms with Gasteiger partial charge in [0.05, 0.1) is 10.0 Å². The maximum absolute atomic E-state index is 12.2. The molecule has 1 fully saturated rings. The fourth-order valence-corrected chi connectivity index (χ4v) is 2.46. The normalized spacial score (nSPS) is 14.8. The number of benzene rings is 1. The van der Waals surface area contributed by atoms with Gasteiger partial charge in [0.1, 0.15) is 0 Å². The Morgan fingerprint density at radius 1 is 1.35 bits per heavy atom. The van der Waals surface area contributed by atoms with Crippen molar-refractivity contribution in [3.8, 4) is 0 Å². The van der Waals surface area contributed by atoms with Crippen LogP contribution in [0.15, 0.2) is 18.2 Å². The molecule has 0 aliphatic carbocycles. The Hall–Kier alpha value is -1.26. The minimum Gasteiger partial charge on any atom is -0.341 e. The Bertz CT molecular complexity index is 534. The van der Waals surface area contributed by atoms with E-state index in [9.17, 15) is 9.59 Å². The number of hydrogen-bond acceptors (Lipinski definition) is 2. The second-order valence-corrected chi connectivity index (χ2v) is 5.65. The predicted molar refractivity (Wildman–Crippen MR) is 79.2 cm³/mol. The molecule has 1 aliphatic rings. The fourth-order valence-electron chi connectivity index (χ4n) is 2.16. The van der Waals surface area contributed by atoms with Gasteiger partial charge < -0.3 is 9.80 Å². The monoisotopic (exact) mass is 314 g/mol. The van der Waals surface area contributed by atoms with Gasteiger partial charge in [0.2, 0.25) is 5.91 Å². The largest absolute Gasteiger partial charge is 0.341 e. The van der Waals surface area contributed by atoms with Gasteiger partial charge in [-0.1, -0.05) is 23.2 Å². The molecule has 20 heavy (non-hydrogen) atoms. The maximum atomic E-state index is 12.2. The van der Waals surface area contributed by atoms with Gasteiger partial charge in [-0.15, -0.1) is 0 Å². The molecular weight excluding hydrogens is 299 g/mol. The van der Waals surface area contributed by atoms with E-state index in [4.69, 9.17) is 23.2 Å². The Morgan fingerprint density at radius 3 is 2.70 bits per heavy atom. The summed E-state index contributed by atoms with van der Waals surface area (Å²) in [4.78, 5) is 27.1. The van der Waals surface area contributed by atoms with Crippen LogP contribution in [0, 0.1) is 0 Å². The van der Waals surface area contributed by atoms with Gasteiger partial charge in [0.15, 0.2) is 0 Å². The number of halogens is 2. The number of likely N-dealkylation sites (N-methyl/N-ethyl adjacent to an activating group) is 1. The smallest absolute Gasteiger partial charge is 0.253 e. The summed E-state index contributed by atoms with van der Waals surface area (Å²) >= 11 is 11.7. The van der Waals surface area contributed by atoms with Crippen molar-refractivity contribution in [3.05, 3.63) is 33.8 Å². The van der Waals surface area contributed by atoms with Crippen molar-refractivity contribution in [1.82, 2.24) is 9.80 Å². The summed E-state index contributed by atoms with van der Waals surface area (Å²) in [5, 5.41) is 0.786. The summed E-state index contributed by atoms with van der Waals surface area (Å²) in [6, 6.07) is 4.81. The zero-order valence-electron chi connectivity index (χ0n) is 11.2. The van der Waals surface area contributed by atoms with E-state index in [1.165, 1.54) is 0 Å². The molecule has 2 amide bonds. The van der Waals surface area contributed by atoms with E-state index >= 15 is 0 Å². The van der Waals surface area contributed by atoms with Crippen LogP contribution in [0.5, 0.6) is 0 Å². The SMILES string of the molecule is CN(CCN1CCCC1=O)C(=O)c1ccc(Cl)c(Cl)c1. The van der Waals surface area contributed by atoms with Crippen molar-refractivity contribution in [1.29, 1.82) is 0 Å². The number of nitrogens with zero attached hydrogens (tertiary/aromatic N) is 2. The van der Waals surface area contributed by atoms with Crippen LogP contribution in [0.3, 0.4) is 0 Å². The van der Waals surface area contributed by atoms with Gasteiger partial charge in [-0.3, -0.25) is 9.59 Å². The van der Waals surface area contributed by atoms with Crippen LogP contribution in [0.25, 0.3) is 0 Å². The number of rotatable bonds is 4. The minimum absolute atomic E-state index is 0.129. The third-order valence-corrected chi connectivity index (χ3v) is 4.13. The first-order valence-electron chi connectivity index (χ1n) is 6.47. The second kappa shape index (κ2) is 6.46. The average molecular weight is 315 g/mol. The molecule has 108 valence electrons. The Kier molecular flexibility index (Phi) is 4.89. The zero-order chi connectivity index (χ0) is 14.7. The van der Waals surface area contributed by atoms with Crippen molar-refractivity contribution in [2.24, 2.45) is 0 Å². The molecular formula is C14H16Cl2N2O2. The Balaban J connectivity index is 1.94. The molecule has 0 spiro atoms. The van der Waals surface area contributed by atoms with Gasteiger partial charge in [-0.05, 0) is 24.6 Å². The third-order valence-electron chi connectivity index (χ3n) is 3.39. The van der Waals surface area contributed by atoms with Crippen LogP contribution in [0.2, 0.25) is 10.0 Å². The second-order valence-electron chi connectivity index (χ2n) is 4.84. The van der Waals surface area contributed by atoms with Crippen molar-refractivity contribution in [2.75, 3.05) is 26.7 Å². The number of amides is 2. The van der Waals surface area contributed by atoms with Gasteiger partial charge in [0.25, 0.3) is 5.91 Å². The van der Waals surface area contributed by atoms with Crippen molar-refractivity contribution >= 4 is 35.0 Å². The highest BCUT2D eigenvalue weighted by atomic mass is 35.5. The molecule has 0 unspecified atom stereocenters. The average Bonchev–Trinajstić information content (AvgIpc) is 2.84. The van der Waals surface area contributed by atoms with E-state index < -0.39 is 0 Å². The number of carbonyl (C=O) groups is 2. The molecule has 0 aromatic heterocycles. The molecule has 0 bridgehead atoms. The topological polar surface area (TPSA) is 40.6 Å². The molecule has 0 saturated carbocycles. The van der Waals surface area contributed by atoms with Crippen molar-refractivity contribution in [2.45, 2.75) is 12.8 Å². The van der Waals surface area contributed by atoms with Gasteiger partial charge >= 0.3 is 0 Å². The standard InChI is InChI=1S/C14H16Cl2N2O2/c1-17(7-8-18-6-2-3-13(18)19)14(20)10-4-5-11(15)12(16)9-10/h4-5,9H,2-3,6-8H2,1H3. The summed E-state index contributed by atoms with van der Waals surface area (Å²) in [5.74, 6) is 0.0376. The predicted octanol–water partition coefficient (Wildman–Crippen LogP) is 2.69. The molecule has 1 heterocycles. The molecule has 0 atom stereocenters. The highest BCUT2D eigenvalue weighted by molar-refractivity contribution is 6.42. The van der Waals surface area contributed by atoms with Crippen LogP contribution in [0.1, 0.15) is 23.2 Å². The van der Waals surface area contributed by atoms with E-state index in [-0.39, 0.29) is 11.8 Å². The van der Waals surface area contributed by atoms with Crippen LogP contribution in [-0.4, -0.2) is 48.3 Å². The van der Waals surface area contributed by atoms with Crippen molar-refractivity contribution in [3.63, 3.8) is 0 Å². The van der Waals surface area contributed by atoms with Gasteiger partial charge in [-0.2, -0.15) is 0 Å². The summed E-state index contributed by atoms with van der Waals surface area (Å²) in [6.45, 7) is 1.86. The van der Waals surface area contributed by atoms with E-state index in [0.717, 1.165) is 13.0 Å². The van der Waals surface area contributed by atoms with Crippen LogP contribution < -0.4 is 0 Å². The van der Waals surface area contributed by atoms with Crippen LogP contribution in [-0.2, 0) is 4.79 Å². The number of likely N-dealkylation sites (tertiary alicyclic amines) is 1. The Labute approximate surface area is 128 Å². The summed E-state index contributed by atoms with van der Waals surface area (Å²) < 4.78 is 0. The number of hydrogen-bond donors (Lipinski definition) is 0. The molecule has 6 heteroatoms. The number of carbonyl (C=O) groups excluding carboxylic acids is 2. The lowest BCUT2D eigenvalue weighted by molar-refractivity contribution is -0.127. The highest BCUT2D eigenvalue weighted by Crippen LogP contribution is 2.23. The first kappa shape index (κ1) is 15.1. The van der Waals surface area contributed by atoms with E-state index in [2.05, 4.69) is 0 Å². The lowest BCUT2D eigenvalue weighted by Gasteiger charge is -2.22. The molecule has 0 N–H and O–H groups in total. The highest BCUT2D eigenvalue weighted by Gasteiger charge is 2.21. The zero-order valence-corrected chi connectivity index (χ0v) is 12.7. The summed E-state index contributed by atoms with van der Waals surface area (Å²) in [5.41, 5.74) is 0.495. The van der Waals surface area contributed by atoms with E-state index in [1.54, 1.807) is 35.0 Å². The molecule has 4 nitrogen and oxygen atoms in total. The first-order valence-corrected chi connectivity index (χ1v) is 7.23. The third kappa shape index (κ3) is 3.44. The molecule has 0 radical (unpaired) electrons.